The van der Waals surface area contributed by atoms with Crippen LogP contribution >= 0.6 is 11.6 Å². The third-order valence-corrected chi connectivity index (χ3v) is 3.51. The lowest BCUT2D eigenvalue weighted by Crippen LogP contribution is -2.06. The molecule has 0 bridgehead atoms. The van der Waals surface area contributed by atoms with Gasteiger partial charge in [0.25, 0.3) is 0 Å². The molecular formula is C11H15ClN2O. The number of hydrogen-bond acceptors (Lipinski definition) is 3. The minimum Gasteiger partial charge on any atom is -0.481 e. The number of nitrogens with two attached hydrogens (primary N) is 1. The molecule has 2 N–H and O–H groups in total. The zero-order valence-corrected chi connectivity index (χ0v) is 9.88. The molecule has 1 fully saturated rings. The standard InChI is InChI=1S/C11H15ClN2O/c1-11(2)8(9(11)13)6-4-5-7(12)14-10(6)15-3/h4-5,8-9H,13H2,1-3H3/t8-,9-/m1/s1. The van der Waals surface area contributed by atoms with Crippen molar-refractivity contribution in [2.45, 2.75) is 25.8 Å². The van der Waals surface area contributed by atoms with Crippen molar-refractivity contribution < 1.29 is 4.74 Å². The maximum Gasteiger partial charge on any atom is 0.218 e. The molecule has 0 unspecified atom stereocenters. The number of methoxy groups -OCH3 is 1. The van der Waals surface area contributed by atoms with Gasteiger partial charge in [-0.25, -0.2) is 4.98 Å². The van der Waals surface area contributed by atoms with Gasteiger partial charge in [0.2, 0.25) is 5.88 Å². The van der Waals surface area contributed by atoms with Gasteiger partial charge in [0.05, 0.1) is 7.11 Å². The fraction of sp³-hybridized carbons (Fsp3) is 0.545. The SMILES string of the molecule is COc1nc(Cl)ccc1[C@@H]1[C@@H](N)C1(C)C. The summed E-state index contributed by atoms with van der Waals surface area (Å²) in [6.07, 6.45) is 0. The molecule has 3 nitrogen and oxygen atoms in total. The summed E-state index contributed by atoms with van der Waals surface area (Å²) in [5.41, 5.74) is 7.20. The number of nitrogens with zero attached hydrogens (tertiary/aromatic N) is 1. The van der Waals surface area contributed by atoms with Crippen LogP contribution in [0.15, 0.2) is 12.1 Å². The van der Waals surface area contributed by atoms with Crippen LogP contribution < -0.4 is 10.5 Å². The van der Waals surface area contributed by atoms with Crippen molar-refractivity contribution in [3.05, 3.63) is 22.8 Å². The van der Waals surface area contributed by atoms with E-state index in [1.807, 2.05) is 6.07 Å². The first-order valence-corrected chi connectivity index (χ1v) is 5.32. The Kier molecular flexibility index (Phi) is 2.40. The molecule has 0 amide bonds. The average molecular weight is 227 g/mol. The number of ether oxygens (including phenoxy) is 1. The second-order valence-electron chi connectivity index (χ2n) is 4.56. The molecule has 1 aliphatic carbocycles. The van der Waals surface area contributed by atoms with Crippen LogP contribution in [0.25, 0.3) is 0 Å². The lowest BCUT2D eigenvalue weighted by atomic mass is 10.0. The molecule has 4 heteroatoms. The normalized spacial score (nSPS) is 27.5. The van der Waals surface area contributed by atoms with E-state index in [0.29, 0.717) is 17.0 Å². The first-order valence-electron chi connectivity index (χ1n) is 4.94. The highest BCUT2D eigenvalue weighted by atomic mass is 35.5. The molecule has 82 valence electrons. The summed E-state index contributed by atoms with van der Waals surface area (Å²) in [7, 11) is 1.60. The van der Waals surface area contributed by atoms with E-state index < -0.39 is 0 Å². The monoisotopic (exact) mass is 226 g/mol. The molecule has 1 aliphatic rings. The van der Waals surface area contributed by atoms with E-state index in [-0.39, 0.29) is 11.5 Å². The van der Waals surface area contributed by atoms with Crippen LogP contribution in [0.1, 0.15) is 25.3 Å². The molecule has 0 spiro atoms. The largest absolute Gasteiger partial charge is 0.481 e. The minimum atomic E-state index is 0.128. The van der Waals surface area contributed by atoms with Gasteiger partial charge >= 0.3 is 0 Å². The first-order chi connectivity index (χ1) is 6.98. The lowest BCUT2D eigenvalue weighted by molar-refractivity contribution is 0.390. The topological polar surface area (TPSA) is 48.1 Å². The van der Waals surface area contributed by atoms with E-state index in [2.05, 4.69) is 18.8 Å². The summed E-state index contributed by atoms with van der Waals surface area (Å²) in [6.45, 7) is 4.30. The predicted octanol–water partition coefficient (Wildman–Crippen LogP) is 2.19. The fourth-order valence-electron chi connectivity index (χ4n) is 2.10. The molecule has 0 saturated heterocycles. The molecule has 2 rings (SSSR count). The summed E-state index contributed by atoms with van der Waals surface area (Å²) < 4.78 is 5.22. The van der Waals surface area contributed by atoms with Crippen LogP contribution in [-0.2, 0) is 0 Å². The van der Waals surface area contributed by atoms with Crippen molar-refractivity contribution in [3.63, 3.8) is 0 Å². The number of rotatable bonds is 2. The lowest BCUT2D eigenvalue weighted by Gasteiger charge is -2.08. The van der Waals surface area contributed by atoms with Crippen LogP contribution in [0.3, 0.4) is 0 Å². The third kappa shape index (κ3) is 1.60. The second kappa shape index (κ2) is 3.35. The number of hydrogen-bond donors (Lipinski definition) is 1. The van der Waals surface area contributed by atoms with Crippen LogP contribution in [0.5, 0.6) is 5.88 Å². The Labute approximate surface area is 94.6 Å². The molecule has 2 atom stereocenters. The van der Waals surface area contributed by atoms with Gasteiger partial charge in [-0.2, -0.15) is 0 Å². The van der Waals surface area contributed by atoms with Gasteiger partial charge < -0.3 is 10.5 Å². The second-order valence-corrected chi connectivity index (χ2v) is 4.94. The first kappa shape index (κ1) is 10.7. The van der Waals surface area contributed by atoms with Gasteiger partial charge in [0.1, 0.15) is 5.15 Å². The Balaban J connectivity index is 2.38. The third-order valence-electron chi connectivity index (χ3n) is 3.29. The molecule has 1 aromatic rings. The summed E-state index contributed by atoms with van der Waals surface area (Å²) >= 11 is 5.81. The van der Waals surface area contributed by atoms with Gasteiger partial charge in [0, 0.05) is 17.5 Å². The van der Waals surface area contributed by atoms with Gasteiger partial charge in [0.15, 0.2) is 0 Å². The summed E-state index contributed by atoms with van der Waals surface area (Å²) in [4.78, 5) is 4.14. The average Bonchev–Trinajstić information content (AvgIpc) is 2.67. The Morgan fingerprint density at radius 3 is 2.53 bits per heavy atom. The van der Waals surface area contributed by atoms with Crippen LogP contribution in [-0.4, -0.2) is 18.1 Å². The highest BCUT2D eigenvalue weighted by molar-refractivity contribution is 6.29. The molecule has 1 saturated carbocycles. The number of aromatic nitrogens is 1. The van der Waals surface area contributed by atoms with E-state index in [1.165, 1.54) is 0 Å². The molecule has 0 aliphatic heterocycles. The summed E-state index contributed by atoms with van der Waals surface area (Å²) in [5, 5.41) is 0.447. The Morgan fingerprint density at radius 2 is 2.07 bits per heavy atom. The highest BCUT2D eigenvalue weighted by Crippen LogP contribution is 2.58. The van der Waals surface area contributed by atoms with E-state index in [1.54, 1.807) is 13.2 Å². The van der Waals surface area contributed by atoms with Gasteiger partial charge in [-0.3, -0.25) is 0 Å². The van der Waals surface area contributed by atoms with Crippen molar-refractivity contribution in [3.8, 4) is 5.88 Å². The van der Waals surface area contributed by atoms with Crippen molar-refractivity contribution in [1.82, 2.24) is 4.98 Å². The van der Waals surface area contributed by atoms with Crippen molar-refractivity contribution in [2.24, 2.45) is 11.1 Å². The zero-order chi connectivity index (χ0) is 11.2. The van der Waals surface area contributed by atoms with E-state index in [4.69, 9.17) is 22.1 Å². The quantitative estimate of drug-likeness (QED) is 0.787. The molecule has 15 heavy (non-hydrogen) atoms. The summed E-state index contributed by atoms with van der Waals surface area (Å²) in [5.74, 6) is 0.908. The summed E-state index contributed by atoms with van der Waals surface area (Å²) in [6, 6.07) is 3.91. The van der Waals surface area contributed by atoms with Gasteiger partial charge in [-0.15, -0.1) is 0 Å². The molecule has 1 heterocycles. The fourth-order valence-corrected chi connectivity index (χ4v) is 2.24. The van der Waals surface area contributed by atoms with Crippen molar-refractivity contribution >= 4 is 11.6 Å². The maximum absolute atomic E-state index is 6.02. The van der Waals surface area contributed by atoms with Crippen LogP contribution in [0.4, 0.5) is 0 Å². The Bertz CT molecular complexity index is 392. The van der Waals surface area contributed by atoms with E-state index in [0.717, 1.165) is 5.56 Å². The van der Waals surface area contributed by atoms with E-state index >= 15 is 0 Å². The zero-order valence-electron chi connectivity index (χ0n) is 9.12. The molecular weight excluding hydrogens is 212 g/mol. The Hall–Kier alpha value is -0.800. The van der Waals surface area contributed by atoms with Crippen LogP contribution in [0.2, 0.25) is 5.15 Å². The van der Waals surface area contributed by atoms with Crippen molar-refractivity contribution in [1.29, 1.82) is 0 Å². The smallest absolute Gasteiger partial charge is 0.218 e. The van der Waals surface area contributed by atoms with Crippen molar-refractivity contribution in [2.75, 3.05) is 7.11 Å². The number of halogens is 1. The predicted molar refractivity (Wildman–Crippen MR) is 60.3 cm³/mol. The van der Waals surface area contributed by atoms with E-state index in [9.17, 15) is 0 Å². The molecule has 1 aromatic heterocycles. The molecule has 0 aromatic carbocycles. The maximum atomic E-state index is 6.02. The van der Waals surface area contributed by atoms with Gasteiger partial charge in [-0.1, -0.05) is 31.5 Å². The minimum absolute atomic E-state index is 0.128. The van der Waals surface area contributed by atoms with Crippen LogP contribution in [0, 0.1) is 5.41 Å². The Morgan fingerprint density at radius 1 is 1.47 bits per heavy atom. The van der Waals surface area contributed by atoms with Gasteiger partial charge in [-0.05, 0) is 11.5 Å². The molecule has 0 radical (unpaired) electrons. The number of pyridine rings is 1. The highest BCUT2D eigenvalue weighted by Gasteiger charge is 2.57.